The quantitative estimate of drug-likeness (QED) is 0.678. The van der Waals surface area contributed by atoms with E-state index in [1.54, 1.807) is 6.07 Å². The maximum atomic E-state index is 13.5. The number of hydrogen-bond acceptors (Lipinski definition) is 5. The van der Waals surface area contributed by atoms with E-state index in [9.17, 15) is 17.6 Å². The molecule has 0 radical (unpaired) electrons. The van der Waals surface area contributed by atoms with E-state index in [1.807, 2.05) is 0 Å². The third kappa shape index (κ3) is 2.64. The highest BCUT2D eigenvalue weighted by Crippen LogP contribution is 2.32. The van der Waals surface area contributed by atoms with Gasteiger partial charge in [0, 0.05) is 6.07 Å². The lowest BCUT2D eigenvalue weighted by molar-refractivity contribution is -0.141. The minimum Gasteiger partial charge on any atom is -0.437 e. The second-order valence-electron chi connectivity index (χ2n) is 4.28. The molecule has 0 amide bonds. The SMILES string of the molecule is N#Cc1c(F)cccc1Oc1cc(C(F)(F)F)nc2ncnn12. The van der Waals surface area contributed by atoms with Crippen LogP contribution >= 0.6 is 0 Å². The Morgan fingerprint density at radius 3 is 2.74 bits per heavy atom. The molecule has 1 aromatic carbocycles. The largest absolute Gasteiger partial charge is 0.437 e. The molecule has 3 aromatic rings. The molecular formula is C13H5F4N5O. The molecule has 23 heavy (non-hydrogen) atoms. The Morgan fingerprint density at radius 1 is 1.26 bits per heavy atom. The smallest absolute Gasteiger partial charge is 0.433 e. The van der Waals surface area contributed by atoms with Crippen LogP contribution in [0, 0.1) is 17.1 Å². The molecule has 3 rings (SSSR count). The summed E-state index contributed by atoms with van der Waals surface area (Å²) in [4.78, 5) is 6.89. The van der Waals surface area contributed by atoms with Crippen LogP contribution in [0.15, 0.2) is 30.6 Å². The van der Waals surface area contributed by atoms with Crippen LogP contribution in [-0.2, 0) is 6.18 Å². The third-order valence-corrected chi connectivity index (χ3v) is 2.81. The molecule has 2 aromatic heterocycles. The van der Waals surface area contributed by atoms with Crippen molar-refractivity contribution >= 4 is 5.78 Å². The molecule has 0 atom stereocenters. The normalized spacial score (nSPS) is 11.4. The number of halogens is 4. The standard InChI is InChI=1S/C13H5F4N5O/c14-8-2-1-3-9(7(8)5-18)23-11-4-10(13(15,16)17)21-12-19-6-20-22(11)12/h1-4,6H. The van der Waals surface area contributed by atoms with Crippen molar-refractivity contribution in [3.63, 3.8) is 0 Å². The van der Waals surface area contributed by atoms with Crippen LogP contribution < -0.4 is 4.74 Å². The van der Waals surface area contributed by atoms with E-state index >= 15 is 0 Å². The van der Waals surface area contributed by atoms with Gasteiger partial charge in [0.1, 0.15) is 29.5 Å². The summed E-state index contributed by atoms with van der Waals surface area (Å²) in [7, 11) is 0. The molecule has 0 aliphatic rings. The molecule has 0 saturated heterocycles. The van der Waals surface area contributed by atoms with Gasteiger partial charge in [0.05, 0.1) is 0 Å². The van der Waals surface area contributed by atoms with Crippen molar-refractivity contribution in [2.45, 2.75) is 6.18 Å². The molecule has 0 aliphatic carbocycles. The lowest BCUT2D eigenvalue weighted by Gasteiger charge is -2.11. The summed E-state index contributed by atoms with van der Waals surface area (Å²) in [5.74, 6) is -1.85. The van der Waals surface area contributed by atoms with Gasteiger partial charge in [0.25, 0.3) is 5.78 Å². The van der Waals surface area contributed by atoms with Crippen molar-refractivity contribution in [3.05, 3.63) is 47.7 Å². The minimum absolute atomic E-state index is 0.247. The van der Waals surface area contributed by atoms with Crippen molar-refractivity contribution in [3.8, 4) is 17.7 Å². The lowest BCUT2D eigenvalue weighted by atomic mass is 10.2. The maximum Gasteiger partial charge on any atom is 0.433 e. The van der Waals surface area contributed by atoms with Crippen LogP contribution in [0.5, 0.6) is 11.6 Å². The van der Waals surface area contributed by atoms with E-state index in [-0.39, 0.29) is 11.5 Å². The van der Waals surface area contributed by atoms with Gasteiger partial charge < -0.3 is 4.74 Å². The molecule has 6 nitrogen and oxygen atoms in total. The number of fused-ring (bicyclic) bond motifs is 1. The van der Waals surface area contributed by atoms with Gasteiger partial charge in [-0.3, -0.25) is 0 Å². The van der Waals surface area contributed by atoms with Crippen LogP contribution in [0.1, 0.15) is 11.3 Å². The van der Waals surface area contributed by atoms with Crippen LogP contribution in [-0.4, -0.2) is 19.6 Å². The van der Waals surface area contributed by atoms with Crippen LogP contribution in [0.25, 0.3) is 5.78 Å². The van der Waals surface area contributed by atoms with Crippen molar-refractivity contribution in [2.75, 3.05) is 0 Å². The number of hydrogen-bond donors (Lipinski definition) is 0. The first kappa shape index (κ1) is 14.7. The summed E-state index contributed by atoms with van der Waals surface area (Å²) >= 11 is 0. The summed E-state index contributed by atoms with van der Waals surface area (Å²) in [6, 6.07) is 5.72. The van der Waals surface area contributed by atoms with E-state index in [1.165, 1.54) is 12.1 Å². The average Bonchev–Trinajstić information content (AvgIpc) is 2.95. The summed E-state index contributed by atoms with van der Waals surface area (Å²) < 4.78 is 58.3. The van der Waals surface area contributed by atoms with Crippen LogP contribution in [0.2, 0.25) is 0 Å². The highest BCUT2D eigenvalue weighted by Gasteiger charge is 2.34. The lowest BCUT2D eigenvalue weighted by Crippen LogP contribution is -2.11. The van der Waals surface area contributed by atoms with Crippen molar-refractivity contribution in [1.29, 1.82) is 5.26 Å². The second kappa shape index (κ2) is 5.20. The zero-order chi connectivity index (χ0) is 16.6. The van der Waals surface area contributed by atoms with Crippen molar-refractivity contribution in [2.24, 2.45) is 0 Å². The van der Waals surface area contributed by atoms with Crippen molar-refractivity contribution < 1.29 is 22.3 Å². The number of nitrogens with zero attached hydrogens (tertiary/aromatic N) is 5. The highest BCUT2D eigenvalue weighted by molar-refractivity contribution is 5.46. The number of nitriles is 1. The average molecular weight is 323 g/mol. The zero-order valence-electron chi connectivity index (χ0n) is 11.0. The molecule has 0 N–H and O–H groups in total. The second-order valence-corrected chi connectivity index (χ2v) is 4.28. The fourth-order valence-corrected chi connectivity index (χ4v) is 1.81. The fourth-order valence-electron chi connectivity index (χ4n) is 1.81. The number of aromatic nitrogens is 4. The first-order valence-corrected chi connectivity index (χ1v) is 6.04. The number of ether oxygens (including phenoxy) is 1. The first-order chi connectivity index (χ1) is 10.9. The van der Waals surface area contributed by atoms with Gasteiger partial charge in [-0.15, -0.1) is 0 Å². The minimum atomic E-state index is -4.73. The van der Waals surface area contributed by atoms with Crippen molar-refractivity contribution in [1.82, 2.24) is 19.6 Å². The van der Waals surface area contributed by atoms with E-state index in [2.05, 4.69) is 15.1 Å². The van der Waals surface area contributed by atoms with Gasteiger partial charge in [-0.2, -0.15) is 33.0 Å². The summed E-state index contributed by atoms with van der Waals surface area (Å²) in [6.45, 7) is 0. The maximum absolute atomic E-state index is 13.5. The monoisotopic (exact) mass is 323 g/mol. The van der Waals surface area contributed by atoms with Gasteiger partial charge in [-0.05, 0) is 12.1 Å². The van der Waals surface area contributed by atoms with E-state index in [0.717, 1.165) is 16.9 Å². The molecule has 0 bridgehead atoms. The van der Waals surface area contributed by atoms with Gasteiger partial charge in [0.15, 0.2) is 5.69 Å². The molecule has 0 fully saturated rings. The summed E-state index contributed by atoms with van der Waals surface area (Å²) in [5.41, 5.74) is -1.69. The molecule has 2 heterocycles. The Balaban J connectivity index is 2.15. The van der Waals surface area contributed by atoms with Crippen LogP contribution in [0.3, 0.4) is 0 Å². The van der Waals surface area contributed by atoms with E-state index in [4.69, 9.17) is 10.00 Å². The predicted octanol–water partition coefficient (Wildman–Crippen LogP) is 2.95. The molecule has 10 heteroatoms. The topological polar surface area (TPSA) is 76.1 Å². The Morgan fingerprint density at radius 2 is 2.04 bits per heavy atom. The fraction of sp³-hybridized carbons (Fsp3) is 0.0769. The number of benzene rings is 1. The first-order valence-electron chi connectivity index (χ1n) is 6.04. The van der Waals surface area contributed by atoms with Gasteiger partial charge in [-0.25, -0.2) is 9.37 Å². The molecule has 116 valence electrons. The Bertz CT molecular complexity index is 928. The van der Waals surface area contributed by atoms with Gasteiger partial charge >= 0.3 is 6.18 Å². The van der Waals surface area contributed by atoms with E-state index < -0.39 is 29.1 Å². The number of alkyl halides is 3. The zero-order valence-corrected chi connectivity index (χ0v) is 11.0. The summed E-state index contributed by atoms with van der Waals surface area (Å²) in [6.07, 6.45) is -3.74. The van der Waals surface area contributed by atoms with Gasteiger partial charge in [-0.1, -0.05) is 6.07 Å². The molecule has 0 aliphatic heterocycles. The van der Waals surface area contributed by atoms with E-state index in [0.29, 0.717) is 6.07 Å². The third-order valence-electron chi connectivity index (χ3n) is 2.81. The summed E-state index contributed by atoms with van der Waals surface area (Å²) in [5, 5.41) is 12.6. The van der Waals surface area contributed by atoms with Crippen LogP contribution in [0.4, 0.5) is 17.6 Å². The molecule has 0 spiro atoms. The van der Waals surface area contributed by atoms with Gasteiger partial charge in [0.2, 0.25) is 5.88 Å². The Hall–Kier alpha value is -3.22. The molecular weight excluding hydrogens is 318 g/mol. The predicted molar refractivity (Wildman–Crippen MR) is 67.0 cm³/mol. The highest BCUT2D eigenvalue weighted by atomic mass is 19.4. The molecule has 0 unspecified atom stereocenters. The molecule has 0 saturated carbocycles. The Kier molecular flexibility index (Phi) is 3.33. The Labute approximate surface area is 125 Å². The number of rotatable bonds is 2.